The molecule has 0 amide bonds. The van der Waals surface area contributed by atoms with E-state index >= 15 is 0 Å². The lowest BCUT2D eigenvalue weighted by Gasteiger charge is -2.20. The fraction of sp³-hybridized carbons (Fsp3) is 0.333. The van der Waals surface area contributed by atoms with Crippen molar-refractivity contribution in [2.75, 3.05) is 13.7 Å². The van der Waals surface area contributed by atoms with Crippen LogP contribution in [0.2, 0.25) is 5.02 Å². The molecule has 1 unspecified atom stereocenters. The lowest BCUT2D eigenvalue weighted by atomic mass is 9.89. The van der Waals surface area contributed by atoms with Gasteiger partial charge in [-0.1, -0.05) is 23.7 Å². The highest BCUT2D eigenvalue weighted by molar-refractivity contribution is 6.32. The summed E-state index contributed by atoms with van der Waals surface area (Å²) in [7, 11) is 1.68. The van der Waals surface area contributed by atoms with Crippen LogP contribution in [-0.4, -0.2) is 18.8 Å². The molecule has 0 radical (unpaired) electrons. The Morgan fingerprint density at radius 3 is 2.45 bits per heavy atom. The molecule has 0 spiro atoms. The number of halogens is 1. The Morgan fingerprint density at radius 1 is 1.18 bits per heavy atom. The molecule has 2 aromatic rings. The van der Waals surface area contributed by atoms with Gasteiger partial charge in [-0.2, -0.15) is 0 Å². The molecule has 2 rings (SSSR count). The standard InChI is InChI=1S/C18H22ClNO2/c1-11-6-15(18(22-3)7-12(11)2)14(10-20)8-13-4-5-17(21)16(19)9-13/h4-7,9,14,21H,8,10,20H2,1-3H3. The SMILES string of the molecule is COc1cc(C)c(C)cc1C(CN)Cc1ccc(O)c(Cl)c1. The highest BCUT2D eigenvalue weighted by Gasteiger charge is 2.17. The maximum atomic E-state index is 9.52. The molecule has 0 fully saturated rings. The first-order valence-electron chi connectivity index (χ1n) is 7.28. The number of nitrogens with two attached hydrogens (primary N) is 1. The molecule has 0 aromatic heterocycles. The number of aryl methyl sites for hydroxylation is 2. The quantitative estimate of drug-likeness (QED) is 0.877. The fourth-order valence-corrected chi connectivity index (χ4v) is 2.79. The Labute approximate surface area is 136 Å². The van der Waals surface area contributed by atoms with Gasteiger partial charge in [0.05, 0.1) is 12.1 Å². The summed E-state index contributed by atoms with van der Waals surface area (Å²) < 4.78 is 5.52. The summed E-state index contributed by atoms with van der Waals surface area (Å²) >= 11 is 5.99. The summed E-state index contributed by atoms with van der Waals surface area (Å²) in [6, 6.07) is 9.47. The summed E-state index contributed by atoms with van der Waals surface area (Å²) in [6.07, 6.45) is 0.745. The molecule has 0 saturated carbocycles. The zero-order valence-corrected chi connectivity index (χ0v) is 13.9. The minimum atomic E-state index is 0.0958. The average Bonchev–Trinajstić information content (AvgIpc) is 2.50. The van der Waals surface area contributed by atoms with Gasteiger partial charge in [0.15, 0.2) is 0 Å². The van der Waals surface area contributed by atoms with Gasteiger partial charge >= 0.3 is 0 Å². The predicted octanol–water partition coefficient (Wildman–Crippen LogP) is 3.96. The van der Waals surface area contributed by atoms with E-state index in [1.165, 1.54) is 11.1 Å². The maximum absolute atomic E-state index is 9.52. The van der Waals surface area contributed by atoms with Crippen molar-refractivity contribution in [1.82, 2.24) is 0 Å². The highest BCUT2D eigenvalue weighted by atomic mass is 35.5. The monoisotopic (exact) mass is 319 g/mol. The Morgan fingerprint density at radius 2 is 1.86 bits per heavy atom. The second-order valence-electron chi connectivity index (χ2n) is 5.60. The van der Waals surface area contributed by atoms with E-state index in [1.54, 1.807) is 19.2 Å². The number of phenolic OH excluding ortho intramolecular Hbond substituents is 1. The van der Waals surface area contributed by atoms with E-state index in [2.05, 4.69) is 26.0 Å². The fourth-order valence-electron chi connectivity index (χ4n) is 2.59. The van der Waals surface area contributed by atoms with Gasteiger partial charge in [0.2, 0.25) is 0 Å². The van der Waals surface area contributed by atoms with Gasteiger partial charge in [-0.05, 0) is 67.3 Å². The Balaban J connectivity index is 2.35. The van der Waals surface area contributed by atoms with Crippen LogP contribution in [0, 0.1) is 13.8 Å². The third-order valence-corrected chi connectivity index (χ3v) is 4.37. The van der Waals surface area contributed by atoms with Gasteiger partial charge in [0, 0.05) is 5.92 Å². The van der Waals surface area contributed by atoms with Crippen LogP contribution in [0.1, 0.15) is 28.2 Å². The molecule has 0 aliphatic carbocycles. The normalized spacial score (nSPS) is 12.2. The van der Waals surface area contributed by atoms with Gasteiger partial charge in [0.1, 0.15) is 11.5 Å². The van der Waals surface area contributed by atoms with E-state index < -0.39 is 0 Å². The molecule has 118 valence electrons. The number of ether oxygens (including phenoxy) is 1. The van der Waals surface area contributed by atoms with E-state index in [9.17, 15) is 5.11 Å². The predicted molar refractivity (Wildman–Crippen MR) is 91.1 cm³/mol. The third kappa shape index (κ3) is 3.54. The smallest absolute Gasteiger partial charge is 0.134 e. The van der Waals surface area contributed by atoms with Gasteiger partial charge in [0.25, 0.3) is 0 Å². The second-order valence-corrected chi connectivity index (χ2v) is 6.01. The molecule has 0 bridgehead atoms. The van der Waals surface area contributed by atoms with Crippen LogP contribution in [0.5, 0.6) is 11.5 Å². The lowest BCUT2D eigenvalue weighted by Crippen LogP contribution is -2.16. The number of rotatable bonds is 5. The molecule has 0 saturated heterocycles. The molecule has 0 aliphatic rings. The van der Waals surface area contributed by atoms with Crippen molar-refractivity contribution in [3.05, 3.63) is 57.6 Å². The van der Waals surface area contributed by atoms with Crippen molar-refractivity contribution in [3.63, 3.8) is 0 Å². The van der Waals surface area contributed by atoms with E-state index in [-0.39, 0.29) is 11.7 Å². The Bertz CT molecular complexity index is 670. The Kier molecular flexibility index (Phi) is 5.33. The van der Waals surface area contributed by atoms with Crippen molar-refractivity contribution in [1.29, 1.82) is 0 Å². The molecule has 22 heavy (non-hydrogen) atoms. The zero-order chi connectivity index (χ0) is 16.3. The first-order chi connectivity index (χ1) is 10.5. The highest BCUT2D eigenvalue weighted by Crippen LogP contribution is 2.33. The van der Waals surface area contributed by atoms with Gasteiger partial charge in [-0.3, -0.25) is 0 Å². The molecule has 2 aromatic carbocycles. The van der Waals surface area contributed by atoms with Crippen LogP contribution in [0.4, 0.5) is 0 Å². The van der Waals surface area contributed by atoms with Crippen molar-refractivity contribution in [3.8, 4) is 11.5 Å². The number of benzene rings is 2. The number of hydrogen-bond acceptors (Lipinski definition) is 3. The molecule has 3 nitrogen and oxygen atoms in total. The molecule has 0 heterocycles. The summed E-state index contributed by atoms with van der Waals surface area (Å²) in [5.74, 6) is 1.09. The first-order valence-corrected chi connectivity index (χ1v) is 7.66. The van der Waals surface area contributed by atoms with Gasteiger partial charge < -0.3 is 15.6 Å². The second kappa shape index (κ2) is 7.03. The van der Waals surface area contributed by atoms with E-state index in [4.69, 9.17) is 22.1 Å². The maximum Gasteiger partial charge on any atom is 0.134 e. The minimum Gasteiger partial charge on any atom is -0.506 e. The topological polar surface area (TPSA) is 55.5 Å². The lowest BCUT2D eigenvalue weighted by molar-refractivity contribution is 0.404. The summed E-state index contributed by atoms with van der Waals surface area (Å²) in [5.41, 5.74) is 10.6. The van der Waals surface area contributed by atoms with Crippen LogP contribution in [0.25, 0.3) is 0 Å². The Hall–Kier alpha value is -1.71. The molecule has 4 heteroatoms. The van der Waals surface area contributed by atoms with Crippen molar-refractivity contribution in [2.24, 2.45) is 5.73 Å². The van der Waals surface area contributed by atoms with Crippen LogP contribution in [0.3, 0.4) is 0 Å². The van der Waals surface area contributed by atoms with Crippen LogP contribution < -0.4 is 10.5 Å². The zero-order valence-electron chi connectivity index (χ0n) is 13.2. The number of methoxy groups -OCH3 is 1. The molecular formula is C18H22ClNO2. The third-order valence-electron chi connectivity index (χ3n) is 4.06. The average molecular weight is 320 g/mol. The molecular weight excluding hydrogens is 298 g/mol. The summed E-state index contributed by atoms with van der Waals surface area (Å²) in [5, 5.41) is 9.89. The number of aromatic hydroxyl groups is 1. The largest absolute Gasteiger partial charge is 0.506 e. The molecule has 0 aliphatic heterocycles. The van der Waals surface area contributed by atoms with Crippen molar-refractivity contribution < 1.29 is 9.84 Å². The number of phenols is 1. The molecule has 3 N–H and O–H groups in total. The van der Waals surface area contributed by atoms with Crippen LogP contribution in [0.15, 0.2) is 30.3 Å². The summed E-state index contributed by atoms with van der Waals surface area (Å²) in [4.78, 5) is 0. The van der Waals surface area contributed by atoms with Crippen LogP contribution in [-0.2, 0) is 6.42 Å². The first kappa shape index (κ1) is 16.7. The van der Waals surface area contributed by atoms with Gasteiger partial charge in [-0.25, -0.2) is 0 Å². The summed E-state index contributed by atoms with van der Waals surface area (Å²) in [6.45, 7) is 4.67. The molecule has 1 atom stereocenters. The van der Waals surface area contributed by atoms with E-state index in [1.807, 2.05) is 6.07 Å². The van der Waals surface area contributed by atoms with E-state index in [0.717, 1.165) is 23.3 Å². The van der Waals surface area contributed by atoms with E-state index in [0.29, 0.717) is 11.6 Å². The van der Waals surface area contributed by atoms with Crippen molar-refractivity contribution in [2.45, 2.75) is 26.2 Å². The van der Waals surface area contributed by atoms with Crippen molar-refractivity contribution >= 4 is 11.6 Å². The van der Waals surface area contributed by atoms with Gasteiger partial charge in [-0.15, -0.1) is 0 Å². The van der Waals surface area contributed by atoms with Crippen LogP contribution >= 0.6 is 11.6 Å². The number of hydrogen-bond donors (Lipinski definition) is 2. The minimum absolute atomic E-state index is 0.0958.